The molecule has 1 fully saturated rings. The Morgan fingerprint density at radius 1 is 1.55 bits per heavy atom. The molecule has 1 heterocycles. The lowest BCUT2D eigenvalue weighted by Gasteiger charge is -2.17. The molecule has 0 spiro atoms. The molecule has 0 bridgehead atoms. The second-order valence-electron chi connectivity index (χ2n) is 2.98. The zero-order valence-electron chi connectivity index (χ0n) is 7.21. The Hall–Kier alpha value is -0.0900. The van der Waals surface area contributed by atoms with E-state index in [1.54, 1.807) is 11.8 Å². The molecule has 0 aliphatic carbocycles. The van der Waals surface area contributed by atoms with Crippen LogP contribution < -0.4 is 0 Å². The first-order chi connectivity index (χ1) is 4.99. The van der Waals surface area contributed by atoms with Gasteiger partial charge in [-0.1, -0.05) is 24.0 Å². The Labute approximate surface area is 77.1 Å². The van der Waals surface area contributed by atoms with Gasteiger partial charge >= 0.3 is 0 Å². The van der Waals surface area contributed by atoms with Crippen molar-refractivity contribution in [3.05, 3.63) is 0 Å². The number of hydrogen-bond donors (Lipinski definition) is 0. The summed E-state index contributed by atoms with van der Waals surface area (Å²) in [5, 5.41) is 0. The predicted octanol–water partition coefficient (Wildman–Crippen LogP) is 1.76. The van der Waals surface area contributed by atoms with E-state index in [-0.39, 0.29) is 4.75 Å². The molecule has 1 saturated heterocycles. The fraction of sp³-hybridized carbons (Fsp3) is 0.714. The van der Waals surface area contributed by atoms with Crippen molar-refractivity contribution in [2.75, 3.05) is 14.1 Å². The number of aliphatic imine (C=N–C) groups is 1. The van der Waals surface area contributed by atoms with Crippen LogP contribution in [0.3, 0.4) is 0 Å². The highest BCUT2D eigenvalue weighted by Crippen LogP contribution is 2.36. The molecule has 1 aliphatic heterocycles. The van der Waals surface area contributed by atoms with E-state index in [4.69, 9.17) is 12.2 Å². The van der Waals surface area contributed by atoms with E-state index in [1.807, 2.05) is 19.0 Å². The van der Waals surface area contributed by atoms with Crippen molar-refractivity contribution in [1.82, 2.24) is 4.90 Å². The van der Waals surface area contributed by atoms with E-state index >= 15 is 0 Å². The third-order valence-electron chi connectivity index (χ3n) is 1.68. The average Bonchev–Trinajstić information content (AvgIpc) is 2.03. The van der Waals surface area contributed by atoms with Crippen molar-refractivity contribution < 1.29 is 0 Å². The van der Waals surface area contributed by atoms with Gasteiger partial charge in [-0.15, -0.1) is 0 Å². The normalized spacial score (nSPS) is 26.7. The van der Waals surface area contributed by atoms with Crippen molar-refractivity contribution in [2.45, 2.75) is 18.6 Å². The molecule has 0 aromatic carbocycles. The number of thioether (sulfide) groups is 1. The van der Waals surface area contributed by atoms with Crippen LogP contribution in [0.1, 0.15) is 13.8 Å². The van der Waals surface area contributed by atoms with Gasteiger partial charge < -0.3 is 4.90 Å². The summed E-state index contributed by atoms with van der Waals surface area (Å²) >= 11 is 6.83. The van der Waals surface area contributed by atoms with Crippen molar-refractivity contribution in [1.29, 1.82) is 0 Å². The number of rotatable bonds is 0. The third kappa shape index (κ3) is 1.42. The summed E-state index contributed by atoms with van der Waals surface area (Å²) < 4.78 is 0.969. The molecule has 0 atom stereocenters. The molecule has 4 heteroatoms. The van der Waals surface area contributed by atoms with Crippen LogP contribution in [0, 0.1) is 0 Å². The lowest BCUT2D eigenvalue weighted by Crippen LogP contribution is -2.32. The van der Waals surface area contributed by atoms with Gasteiger partial charge in [0.2, 0.25) is 0 Å². The molecule has 0 unspecified atom stereocenters. The minimum Gasteiger partial charge on any atom is -0.318 e. The van der Waals surface area contributed by atoms with Gasteiger partial charge in [0.05, 0.1) is 4.75 Å². The van der Waals surface area contributed by atoms with Gasteiger partial charge in [-0.05, 0) is 13.8 Å². The third-order valence-corrected chi connectivity index (χ3v) is 3.35. The first-order valence-corrected chi connectivity index (χ1v) is 4.65. The van der Waals surface area contributed by atoms with Crippen LogP contribution in [0.15, 0.2) is 4.99 Å². The summed E-state index contributed by atoms with van der Waals surface area (Å²) in [7, 11) is 3.77. The second kappa shape index (κ2) is 2.75. The highest BCUT2D eigenvalue weighted by Gasteiger charge is 2.38. The van der Waals surface area contributed by atoms with Crippen LogP contribution in [0.25, 0.3) is 0 Å². The van der Waals surface area contributed by atoms with Crippen LogP contribution in [-0.4, -0.2) is 33.9 Å². The SMILES string of the molecule is CN=C1N(C)C(=S)SC1(C)C. The van der Waals surface area contributed by atoms with Crippen LogP contribution in [0.2, 0.25) is 0 Å². The van der Waals surface area contributed by atoms with Crippen LogP contribution in [-0.2, 0) is 0 Å². The van der Waals surface area contributed by atoms with E-state index in [1.165, 1.54) is 0 Å². The molecule has 62 valence electrons. The maximum atomic E-state index is 5.14. The van der Waals surface area contributed by atoms with Crippen molar-refractivity contribution in [3.8, 4) is 0 Å². The summed E-state index contributed by atoms with van der Waals surface area (Å²) in [5.74, 6) is 1.06. The first kappa shape index (κ1) is 9.00. The second-order valence-corrected chi connectivity index (χ2v) is 5.24. The maximum Gasteiger partial charge on any atom is 0.142 e. The average molecular weight is 188 g/mol. The molecule has 0 aromatic heterocycles. The first-order valence-electron chi connectivity index (χ1n) is 3.43. The standard InChI is InChI=1S/C7H12N2S2/c1-7(2)5(8-3)9(4)6(10)11-7/h1-4H3. The van der Waals surface area contributed by atoms with E-state index in [9.17, 15) is 0 Å². The monoisotopic (exact) mass is 188 g/mol. The van der Waals surface area contributed by atoms with Gasteiger partial charge in [-0.25, -0.2) is 0 Å². The number of amidine groups is 1. The Morgan fingerprint density at radius 3 is 2.27 bits per heavy atom. The minimum atomic E-state index is 0.0561. The Kier molecular flexibility index (Phi) is 2.25. The molecular weight excluding hydrogens is 176 g/mol. The topological polar surface area (TPSA) is 15.6 Å². The molecular formula is C7H12N2S2. The van der Waals surface area contributed by atoms with Gasteiger partial charge in [-0.3, -0.25) is 4.99 Å². The molecule has 1 rings (SSSR count). The van der Waals surface area contributed by atoms with E-state index in [2.05, 4.69) is 18.8 Å². The molecule has 0 N–H and O–H groups in total. The van der Waals surface area contributed by atoms with Crippen molar-refractivity contribution in [3.63, 3.8) is 0 Å². The Bertz CT molecular complexity index is 220. The summed E-state index contributed by atoms with van der Waals surface area (Å²) in [6.07, 6.45) is 0. The fourth-order valence-corrected chi connectivity index (χ4v) is 2.93. The molecule has 0 amide bonds. The van der Waals surface area contributed by atoms with Gasteiger partial charge in [0.15, 0.2) is 0 Å². The summed E-state index contributed by atoms with van der Waals surface area (Å²) in [6.45, 7) is 4.27. The predicted molar refractivity (Wildman–Crippen MR) is 55.4 cm³/mol. The van der Waals surface area contributed by atoms with Crippen LogP contribution in [0.5, 0.6) is 0 Å². The summed E-state index contributed by atoms with van der Waals surface area (Å²) in [5.41, 5.74) is 0. The van der Waals surface area contributed by atoms with Gasteiger partial charge in [-0.2, -0.15) is 0 Å². The van der Waals surface area contributed by atoms with Crippen LogP contribution in [0.4, 0.5) is 0 Å². The molecule has 2 nitrogen and oxygen atoms in total. The Balaban J connectivity index is 3.01. The van der Waals surface area contributed by atoms with E-state index in [0.29, 0.717) is 0 Å². The minimum absolute atomic E-state index is 0.0561. The smallest absolute Gasteiger partial charge is 0.142 e. The highest BCUT2D eigenvalue weighted by atomic mass is 32.2. The Morgan fingerprint density at radius 2 is 2.09 bits per heavy atom. The van der Waals surface area contributed by atoms with Gasteiger partial charge in [0.1, 0.15) is 10.2 Å². The zero-order valence-corrected chi connectivity index (χ0v) is 8.84. The fourth-order valence-electron chi connectivity index (χ4n) is 1.24. The number of hydrogen-bond acceptors (Lipinski definition) is 3. The van der Waals surface area contributed by atoms with E-state index < -0.39 is 0 Å². The largest absolute Gasteiger partial charge is 0.318 e. The number of thiocarbonyl (C=S) groups is 1. The summed E-state index contributed by atoms with van der Waals surface area (Å²) in [6, 6.07) is 0. The van der Waals surface area contributed by atoms with Crippen molar-refractivity contribution in [2.24, 2.45) is 4.99 Å². The molecule has 11 heavy (non-hydrogen) atoms. The van der Waals surface area contributed by atoms with Crippen molar-refractivity contribution >= 4 is 34.1 Å². The molecule has 1 aliphatic rings. The molecule has 0 aromatic rings. The van der Waals surface area contributed by atoms with Gasteiger partial charge in [0, 0.05) is 14.1 Å². The van der Waals surface area contributed by atoms with Crippen LogP contribution >= 0.6 is 24.0 Å². The lowest BCUT2D eigenvalue weighted by molar-refractivity contribution is 0.732. The highest BCUT2D eigenvalue weighted by molar-refractivity contribution is 8.24. The zero-order chi connectivity index (χ0) is 8.65. The lowest BCUT2D eigenvalue weighted by atomic mass is 10.2. The van der Waals surface area contributed by atoms with E-state index in [0.717, 1.165) is 10.2 Å². The quantitative estimate of drug-likeness (QED) is 0.539. The number of nitrogens with zero attached hydrogens (tertiary/aromatic N) is 2. The summed E-state index contributed by atoms with van der Waals surface area (Å²) in [4.78, 5) is 6.18. The molecule has 0 radical (unpaired) electrons. The maximum absolute atomic E-state index is 5.14. The molecule has 0 saturated carbocycles. The van der Waals surface area contributed by atoms with Gasteiger partial charge in [0.25, 0.3) is 0 Å².